The van der Waals surface area contributed by atoms with Gasteiger partial charge in [0.15, 0.2) is 0 Å². The summed E-state index contributed by atoms with van der Waals surface area (Å²) in [5.74, 6) is 4.64. The van der Waals surface area contributed by atoms with Crippen LogP contribution in [0.4, 0.5) is 45.6 Å². The molecule has 5 aliphatic carbocycles. The first-order valence-electron chi connectivity index (χ1n) is 51.4. The van der Waals surface area contributed by atoms with Gasteiger partial charge in [0.2, 0.25) is 26.0 Å². The van der Waals surface area contributed by atoms with Gasteiger partial charge in [0.25, 0.3) is 0 Å². The van der Waals surface area contributed by atoms with E-state index in [-0.39, 0.29) is 79.6 Å². The van der Waals surface area contributed by atoms with Crippen molar-refractivity contribution in [2.45, 2.75) is 344 Å². The molecule has 4 saturated heterocycles. The van der Waals surface area contributed by atoms with E-state index in [2.05, 4.69) is 194 Å². The highest BCUT2D eigenvalue weighted by molar-refractivity contribution is 7.90. The number of nitrogens with one attached hydrogen (secondary N) is 8. The summed E-state index contributed by atoms with van der Waals surface area (Å²) in [6.45, 7) is 45.0. The van der Waals surface area contributed by atoms with Crippen molar-refractivity contribution in [2.24, 2.45) is 46.8 Å². The van der Waals surface area contributed by atoms with E-state index in [0.717, 1.165) is 213 Å². The third kappa shape index (κ3) is 52.5. The number of piperazine rings is 1. The Labute approximate surface area is 871 Å². The molecule has 9 atom stereocenters. The minimum absolute atomic E-state index is 0. The first-order chi connectivity index (χ1) is 66.3. The van der Waals surface area contributed by atoms with Gasteiger partial charge in [0.1, 0.15) is 5.82 Å². The molecule has 39 heteroatoms. The number of halogens is 1. The first kappa shape index (κ1) is 129. The maximum absolute atomic E-state index is 12.0. The van der Waals surface area contributed by atoms with E-state index in [1.165, 1.54) is 87.0 Å². The van der Waals surface area contributed by atoms with E-state index in [0.29, 0.717) is 42.2 Å². The van der Waals surface area contributed by atoms with Crippen molar-refractivity contribution >= 4 is 129 Å². The van der Waals surface area contributed by atoms with E-state index in [1.807, 2.05) is 41.4 Å². The number of rotatable bonds is 27. The summed E-state index contributed by atoms with van der Waals surface area (Å²) in [4.78, 5) is 26.0. The number of carbonyl (C=O) groups is 1. The van der Waals surface area contributed by atoms with Gasteiger partial charge < -0.3 is 108 Å². The lowest BCUT2D eigenvalue weighted by molar-refractivity contribution is -0.129. The van der Waals surface area contributed by atoms with Gasteiger partial charge in [0, 0.05) is 195 Å². The number of nitrogens with zero attached hydrogens (tertiary/aromatic N) is 5. The van der Waals surface area contributed by atoms with E-state index in [9.17, 15) is 47.9 Å². The highest BCUT2D eigenvalue weighted by Crippen LogP contribution is 2.33. The molecular formula is C103H180ClN16O16S6-3. The number of pyridine rings is 1. The molecule has 9 fully saturated rings. The third-order valence-corrected chi connectivity index (χ3v) is 33.2. The fourth-order valence-electron chi connectivity index (χ4n) is 17.6. The Morgan fingerprint density at radius 1 is 0.430 bits per heavy atom. The fraction of sp³-hybridized carbons (Fsp3) is 0.709. The highest BCUT2D eigenvalue weighted by Gasteiger charge is 2.31. The van der Waals surface area contributed by atoms with Crippen molar-refractivity contribution in [1.29, 1.82) is 0 Å². The third-order valence-electron chi connectivity index (χ3n) is 26.5. The fourth-order valence-corrected chi connectivity index (χ4v) is 19.9. The Bertz CT molecular complexity index is 4330. The number of sulfonamides is 2. The summed E-state index contributed by atoms with van der Waals surface area (Å²) in [7, 11) is -6.35. The lowest BCUT2D eigenvalue weighted by atomic mass is 9.86. The Kier molecular flexibility index (Phi) is 61.7. The molecule has 5 saturated carbocycles. The molecule has 5 heterocycles. The number of hydrogen-bond acceptors (Lipinski definition) is 28. The molecule has 0 radical (unpaired) electrons. The lowest BCUT2D eigenvalue weighted by Gasteiger charge is -2.37. The van der Waals surface area contributed by atoms with Crippen LogP contribution in [0.15, 0.2) is 120 Å². The number of benzene rings is 4. The largest absolute Gasteiger partial charge is 0.772 e. The van der Waals surface area contributed by atoms with Crippen LogP contribution in [0, 0.1) is 29.6 Å². The van der Waals surface area contributed by atoms with Gasteiger partial charge >= 0.3 is 0 Å². The molecule has 4 aliphatic heterocycles. The SMILES string of the molecule is CC(=O)N1CCN(c2ccc(NCC3CCC(N)CC3)cc2)CC1.CC(C)S(=O)(=O)NC1CCC(CNc2ccc(N3C[C@@H](C)O[C@@H](C)C3)nc2)CC1.CC(C)S(=O)(=O)NC1CCC(CNc2ccc(N3C[C@@H](C)O[C@H](C)C3)cc2)CC1.CC(C)S(=O)[O-].CC(C)S(=O)[O-].CC(C)S(=O)[O-].C[C@@H]1CNC[C@H](C)O1.NC1CCC(CNc2ccc(S)cc2)CC1.NC1CCC(CNc2cccc(Cl)c2)CC1.O.O. The van der Waals surface area contributed by atoms with Crippen LogP contribution in [0.1, 0.15) is 246 Å². The molecular weight excluding hydrogens is 1950 g/mol. The average Bonchev–Trinajstić information content (AvgIpc) is 0.846. The van der Waals surface area contributed by atoms with Crippen molar-refractivity contribution in [3.63, 3.8) is 0 Å². The predicted molar refractivity (Wildman–Crippen MR) is 592 cm³/mol. The predicted octanol–water partition coefficient (Wildman–Crippen LogP) is 14.6. The zero-order valence-corrected chi connectivity index (χ0v) is 93.6. The normalized spacial score (nSPS) is 25.7. The van der Waals surface area contributed by atoms with Crippen molar-refractivity contribution in [2.75, 3.05) is 139 Å². The molecule has 14 rings (SSSR count). The van der Waals surface area contributed by atoms with Crippen molar-refractivity contribution in [3.05, 3.63) is 120 Å². The van der Waals surface area contributed by atoms with Gasteiger partial charge in [-0.05, 0) is 330 Å². The summed E-state index contributed by atoms with van der Waals surface area (Å²) >= 11 is 4.60. The van der Waals surface area contributed by atoms with Crippen LogP contribution in [0.3, 0.4) is 0 Å². The molecule has 3 unspecified atom stereocenters. The molecule has 0 bridgehead atoms. The summed E-state index contributed by atoms with van der Waals surface area (Å²) in [6.07, 6.45) is 26.0. The van der Waals surface area contributed by atoms with Crippen LogP contribution in [0.2, 0.25) is 5.02 Å². The number of anilines is 8. The van der Waals surface area contributed by atoms with Crippen molar-refractivity contribution in [3.8, 4) is 0 Å². The van der Waals surface area contributed by atoms with Gasteiger partial charge in [0.05, 0.1) is 59.0 Å². The maximum atomic E-state index is 12.0. The van der Waals surface area contributed by atoms with Gasteiger partial charge in [-0.1, -0.05) is 92.5 Å². The first-order valence-corrected chi connectivity index (χ1v) is 58.7. The van der Waals surface area contributed by atoms with Gasteiger partial charge in [-0.3, -0.25) is 17.4 Å². The molecule has 814 valence electrons. The highest BCUT2D eigenvalue weighted by atomic mass is 35.5. The number of carbonyl (C=O) groups excluding carboxylic acids is 1. The molecule has 0 spiro atoms. The van der Waals surface area contributed by atoms with Crippen LogP contribution in [0.5, 0.6) is 0 Å². The topological polar surface area (TPSA) is 497 Å². The van der Waals surface area contributed by atoms with Crippen LogP contribution in [-0.4, -0.2) is 261 Å². The van der Waals surface area contributed by atoms with Crippen LogP contribution < -0.4 is 73.2 Å². The van der Waals surface area contributed by atoms with Crippen molar-refractivity contribution in [1.82, 2.24) is 24.6 Å². The number of morpholine rings is 3. The van der Waals surface area contributed by atoms with Gasteiger partial charge in [-0.25, -0.2) is 31.3 Å². The summed E-state index contributed by atoms with van der Waals surface area (Å²) in [5.41, 5.74) is 25.9. The zero-order chi connectivity index (χ0) is 103. The van der Waals surface area contributed by atoms with E-state index in [1.54, 1.807) is 76.2 Å². The number of amides is 1. The quantitative estimate of drug-likeness (QED) is 0.0172. The van der Waals surface area contributed by atoms with Crippen LogP contribution >= 0.6 is 24.2 Å². The standard InChI is InChI=1S/C22H37N3O3S.C21H36N4O3S.C19H30N4O.C13H19ClN2.C13H20N2S.C6H13NO.3C3H8O2S.2H2O/c1-16(2)29(26,27)24-21-7-5-19(6-8-21)13-23-20-9-11-22(12-10-20)25-14-17(3)28-18(4)15-25;1-15(2)29(26,27)24-19-7-5-18(6-8-19)11-22-20-9-10-21(23-12-20)25-13-16(3)28-17(4)14-25;1-15(24)22-10-12-23(13-11-22)19-8-6-18(7-9-19)21-14-16-2-4-17(20)5-3-16;14-11-2-1-3-13(8-11)16-9-10-4-6-12(15)7-5-10;14-11-3-1-10(2-4-11)9-15-12-5-7-13(16)8-6-12;1-5-3-7-4-6(2)8-5;3*1-3(2)6(4)5;;/h9-12,16-19,21,23-24H,5-8,13-15H2,1-4H3;9-10,12,15-19,22,24H,5-8,11,13-14H2,1-4H3;6-9,16-17,21H,2-5,10-14,20H2,1H3;1-3,8,10,12,16H,4-7,9,15H2;5-8,10-11,15-16H,1-4,9,14H2;5-7H,3-4H2,1-2H3;3*3H,1-2H3,(H,4,5);2*1H2/p-3/t17-,18-,19?,21?;16-,17+,18?,19?;;;;5-,6+;;;;;/m1........../s1. The van der Waals surface area contributed by atoms with E-state index < -0.39 is 53.3 Å². The second-order valence-electron chi connectivity index (χ2n) is 40.8. The number of nitrogens with two attached hydrogens (primary N) is 3. The monoisotopic (exact) mass is 2120 g/mol. The summed E-state index contributed by atoms with van der Waals surface area (Å²) in [6, 6.07) is 39.1. The Morgan fingerprint density at radius 3 is 1.02 bits per heavy atom. The van der Waals surface area contributed by atoms with Crippen molar-refractivity contribution < 1.29 is 73.1 Å². The maximum Gasteiger partial charge on any atom is 0.219 e. The molecule has 142 heavy (non-hydrogen) atoms. The molecule has 1 aromatic heterocycles. The second kappa shape index (κ2) is 68.1. The molecule has 18 N–H and O–H groups in total. The average molecular weight is 2130 g/mol. The Morgan fingerprint density at radius 2 is 0.725 bits per heavy atom. The lowest BCUT2D eigenvalue weighted by Crippen LogP contribution is -2.48. The second-order valence-corrected chi connectivity index (χ2v) is 50.7. The summed E-state index contributed by atoms with van der Waals surface area (Å²) < 4.78 is 129. The number of aromatic nitrogens is 1. The smallest absolute Gasteiger partial charge is 0.219 e. The van der Waals surface area contributed by atoms with E-state index >= 15 is 0 Å². The Hall–Kier alpha value is -5.67. The minimum atomic E-state index is -3.18. The minimum Gasteiger partial charge on any atom is -0.772 e. The Balaban J connectivity index is 0.000000351. The molecule has 4 aromatic carbocycles. The molecule has 1 amide bonds. The summed E-state index contributed by atoms with van der Waals surface area (Å²) in [5, 5.41) is 20.2. The number of thiol groups is 1. The molecule has 5 aromatic rings. The van der Waals surface area contributed by atoms with Crippen LogP contribution in [-0.2, 0) is 72.3 Å². The van der Waals surface area contributed by atoms with E-state index in [4.69, 9.17) is 43.0 Å². The molecule has 9 aliphatic rings. The number of hydrogen-bond donors (Lipinski definition) is 12. The molecule has 32 nitrogen and oxygen atoms in total. The van der Waals surface area contributed by atoms with Crippen LogP contribution in [0.25, 0.3) is 0 Å². The van der Waals surface area contributed by atoms with Gasteiger partial charge in [-0.15, -0.1) is 12.6 Å². The number of ether oxygens (including phenoxy) is 3. The van der Waals surface area contributed by atoms with Gasteiger partial charge in [-0.2, -0.15) is 0 Å². The zero-order valence-electron chi connectivity index (χ0n) is 87.9.